The third kappa shape index (κ3) is 5.64. The largest absolute Gasteiger partial charge is 0.417 e. The van der Waals surface area contributed by atoms with Gasteiger partial charge in [0, 0.05) is 40.9 Å². The number of nitrogens with zero attached hydrogens (tertiary/aromatic N) is 4. The Bertz CT molecular complexity index is 1540. The van der Waals surface area contributed by atoms with Crippen molar-refractivity contribution in [2.45, 2.75) is 45.1 Å². The predicted octanol–water partition coefficient (Wildman–Crippen LogP) is 4.34. The summed E-state index contributed by atoms with van der Waals surface area (Å²) in [6.45, 7) is 7.18. The first-order valence-corrected chi connectivity index (χ1v) is 13.0. The van der Waals surface area contributed by atoms with Gasteiger partial charge in [0.05, 0.1) is 23.4 Å². The molecule has 3 aromatic rings. The van der Waals surface area contributed by atoms with Crippen LogP contribution in [0, 0.1) is 0 Å². The van der Waals surface area contributed by atoms with Crippen LogP contribution in [-0.4, -0.2) is 50.4 Å². The smallest absolute Gasteiger partial charge is 0.355 e. The number of carbonyl (C=O) groups is 2. The average molecular weight is 619 g/mol. The van der Waals surface area contributed by atoms with Crippen molar-refractivity contribution in [2.24, 2.45) is 0 Å². The number of hydrogen-bond donors (Lipinski definition) is 2. The normalized spacial score (nSPS) is 15.7. The Kier molecular flexibility index (Phi) is 8.15. The SMILES string of the molecule is C=CC(C)Nc1nc2c(c(=O)n1-c1ccc(C(=O)NC)cn1)CC(C)N(C(=O)c1ccc(Br)c(C(F)(F)F)c1)C2. The minimum atomic E-state index is -4.64. The molecule has 0 bridgehead atoms. The lowest BCUT2D eigenvalue weighted by Crippen LogP contribution is -2.46. The molecule has 2 unspecified atom stereocenters. The Labute approximate surface area is 236 Å². The Morgan fingerprint density at radius 3 is 2.52 bits per heavy atom. The number of benzene rings is 1. The number of anilines is 1. The molecular formula is C27H26BrF3N6O3. The van der Waals surface area contributed by atoms with E-state index in [-0.39, 0.29) is 46.7 Å². The molecule has 2 atom stereocenters. The summed E-state index contributed by atoms with van der Waals surface area (Å²) in [5.74, 6) is -0.573. The number of rotatable bonds is 6. The van der Waals surface area contributed by atoms with Gasteiger partial charge in [-0.15, -0.1) is 6.58 Å². The number of nitrogens with one attached hydrogen (secondary N) is 2. The summed E-state index contributed by atoms with van der Waals surface area (Å²) >= 11 is 2.90. The average Bonchev–Trinajstić information content (AvgIpc) is 2.92. The zero-order valence-corrected chi connectivity index (χ0v) is 23.4. The molecule has 0 aliphatic carbocycles. The molecule has 3 heterocycles. The van der Waals surface area contributed by atoms with Gasteiger partial charge in [0.25, 0.3) is 17.4 Å². The Morgan fingerprint density at radius 2 is 1.93 bits per heavy atom. The number of halogens is 4. The lowest BCUT2D eigenvalue weighted by molar-refractivity contribution is -0.138. The van der Waals surface area contributed by atoms with Crippen LogP contribution in [0.25, 0.3) is 5.82 Å². The van der Waals surface area contributed by atoms with Gasteiger partial charge in [-0.05, 0) is 50.6 Å². The molecule has 1 aliphatic heterocycles. The maximum atomic E-state index is 13.8. The van der Waals surface area contributed by atoms with Crippen LogP contribution in [0.4, 0.5) is 19.1 Å². The van der Waals surface area contributed by atoms with Gasteiger partial charge >= 0.3 is 6.18 Å². The highest BCUT2D eigenvalue weighted by atomic mass is 79.9. The molecule has 0 radical (unpaired) electrons. The lowest BCUT2D eigenvalue weighted by Gasteiger charge is -2.35. The number of fused-ring (bicyclic) bond motifs is 1. The van der Waals surface area contributed by atoms with Crippen LogP contribution < -0.4 is 16.2 Å². The van der Waals surface area contributed by atoms with Crippen LogP contribution in [0.2, 0.25) is 0 Å². The Morgan fingerprint density at radius 1 is 1.23 bits per heavy atom. The summed E-state index contributed by atoms with van der Waals surface area (Å²) in [6, 6.07) is 5.58. The van der Waals surface area contributed by atoms with E-state index >= 15 is 0 Å². The van der Waals surface area contributed by atoms with Crippen LogP contribution in [-0.2, 0) is 19.1 Å². The molecule has 2 aromatic heterocycles. The maximum absolute atomic E-state index is 13.8. The second-order valence-corrected chi connectivity index (χ2v) is 10.2. The van der Waals surface area contributed by atoms with E-state index in [0.29, 0.717) is 16.8 Å². The number of alkyl halides is 3. The monoisotopic (exact) mass is 618 g/mol. The second-order valence-electron chi connectivity index (χ2n) is 9.33. The van der Waals surface area contributed by atoms with Crippen LogP contribution in [0.5, 0.6) is 0 Å². The quantitative estimate of drug-likeness (QED) is 0.398. The molecule has 2 N–H and O–H groups in total. The number of amides is 2. The highest BCUT2D eigenvalue weighted by molar-refractivity contribution is 9.10. The molecule has 9 nitrogen and oxygen atoms in total. The first kappa shape index (κ1) is 29.0. The third-order valence-electron chi connectivity index (χ3n) is 6.57. The van der Waals surface area contributed by atoms with Crippen LogP contribution in [0.1, 0.15) is 51.4 Å². The van der Waals surface area contributed by atoms with Crippen LogP contribution in [0.15, 0.2) is 58.5 Å². The van der Waals surface area contributed by atoms with Gasteiger partial charge in [-0.3, -0.25) is 14.4 Å². The van der Waals surface area contributed by atoms with Crippen molar-refractivity contribution in [1.82, 2.24) is 24.8 Å². The molecule has 13 heteroatoms. The molecule has 0 spiro atoms. The molecule has 0 saturated heterocycles. The van der Waals surface area contributed by atoms with Crippen molar-refractivity contribution >= 4 is 33.7 Å². The summed E-state index contributed by atoms with van der Waals surface area (Å²) in [6.07, 6.45) is -1.56. The van der Waals surface area contributed by atoms with E-state index < -0.39 is 29.2 Å². The zero-order chi connectivity index (χ0) is 29.4. The standard InChI is InChI=1S/C27H26BrF3N6O3/c1-5-14(2)34-26-35-21-13-36(24(39)16-6-8-20(28)19(11-16)27(29,30)31)15(3)10-18(21)25(40)37(26)22-9-7-17(12-33-22)23(38)32-4/h5-9,11-12,14-15H,1,10,13H2,2-4H3,(H,32,38)(H,34,35). The van der Waals surface area contributed by atoms with Gasteiger partial charge in [-0.1, -0.05) is 22.0 Å². The molecule has 2 amide bonds. The van der Waals surface area contributed by atoms with E-state index in [1.807, 2.05) is 0 Å². The first-order chi connectivity index (χ1) is 18.8. The van der Waals surface area contributed by atoms with E-state index in [4.69, 9.17) is 0 Å². The van der Waals surface area contributed by atoms with Crippen molar-refractivity contribution in [3.63, 3.8) is 0 Å². The molecule has 0 fully saturated rings. The predicted molar refractivity (Wildman–Crippen MR) is 146 cm³/mol. The highest BCUT2D eigenvalue weighted by Crippen LogP contribution is 2.36. The Balaban J connectivity index is 1.76. The summed E-state index contributed by atoms with van der Waals surface area (Å²) in [5.41, 5.74) is -0.504. The first-order valence-electron chi connectivity index (χ1n) is 12.3. The minimum Gasteiger partial charge on any atom is -0.355 e. The van der Waals surface area contributed by atoms with Crippen molar-refractivity contribution in [1.29, 1.82) is 0 Å². The van der Waals surface area contributed by atoms with Gasteiger partial charge in [0.15, 0.2) is 0 Å². The lowest BCUT2D eigenvalue weighted by atomic mass is 9.98. The molecule has 210 valence electrons. The number of hydrogen-bond acceptors (Lipinski definition) is 6. The number of aromatic nitrogens is 3. The van der Waals surface area contributed by atoms with Gasteiger partial charge in [0.2, 0.25) is 5.95 Å². The maximum Gasteiger partial charge on any atom is 0.417 e. The van der Waals surface area contributed by atoms with E-state index in [1.54, 1.807) is 19.9 Å². The Hall–Kier alpha value is -4.00. The van der Waals surface area contributed by atoms with E-state index in [9.17, 15) is 27.6 Å². The van der Waals surface area contributed by atoms with E-state index in [0.717, 1.165) is 6.07 Å². The van der Waals surface area contributed by atoms with Crippen molar-refractivity contribution in [3.8, 4) is 5.82 Å². The van der Waals surface area contributed by atoms with Gasteiger partial charge in [-0.2, -0.15) is 13.2 Å². The fourth-order valence-electron chi connectivity index (χ4n) is 4.34. The van der Waals surface area contributed by atoms with Crippen LogP contribution >= 0.6 is 15.9 Å². The number of pyridine rings is 1. The molecule has 0 saturated carbocycles. The summed E-state index contributed by atoms with van der Waals surface area (Å²) in [5, 5.41) is 5.60. The van der Waals surface area contributed by atoms with Crippen molar-refractivity contribution < 1.29 is 22.8 Å². The minimum absolute atomic E-state index is 0.0803. The topological polar surface area (TPSA) is 109 Å². The van der Waals surface area contributed by atoms with Crippen LogP contribution in [0.3, 0.4) is 0 Å². The van der Waals surface area contributed by atoms with E-state index in [1.165, 1.54) is 47.0 Å². The summed E-state index contributed by atoms with van der Waals surface area (Å²) in [4.78, 5) is 49.4. The van der Waals surface area contributed by atoms with Crippen molar-refractivity contribution in [2.75, 3.05) is 12.4 Å². The van der Waals surface area contributed by atoms with E-state index in [2.05, 4.69) is 43.1 Å². The molecule has 40 heavy (non-hydrogen) atoms. The van der Waals surface area contributed by atoms with Gasteiger partial charge < -0.3 is 15.5 Å². The molecule has 1 aliphatic rings. The zero-order valence-electron chi connectivity index (χ0n) is 21.8. The van der Waals surface area contributed by atoms with Gasteiger partial charge in [-0.25, -0.2) is 14.5 Å². The molecular weight excluding hydrogens is 593 g/mol. The van der Waals surface area contributed by atoms with Gasteiger partial charge in [0.1, 0.15) is 5.82 Å². The second kappa shape index (κ2) is 11.2. The summed E-state index contributed by atoms with van der Waals surface area (Å²) in [7, 11) is 1.49. The third-order valence-corrected chi connectivity index (χ3v) is 7.26. The fourth-order valence-corrected chi connectivity index (χ4v) is 4.81. The molecule has 4 rings (SSSR count). The van der Waals surface area contributed by atoms with Crippen molar-refractivity contribution in [3.05, 3.63) is 92.0 Å². The highest BCUT2D eigenvalue weighted by Gasteiger charge is 2.36. The fraction of sp³-hybridized carbons (Fsp3) is 0.296. The molecule has 1 aromatic carbocycles. The number of carbonyl (C=O) groups excluding carboxylic acids is 2. The summed E-state index contributed by atoms with van der Waals surface area (Å²) < 4.78 is 41.5.